The van der Waals surface area contributed by atoms with E-state index in [0.717, 1.165) is 11.6 Å². The molecule has 0 radical (unpaired) electrons. The SMILES string of the molecule is CC[C@H]1C=C[C@@H]([C@@H](O)C=C(C)C)OC(=O)C(C)=C[C@@H]2C(=O)NC3=CC(=O)c4c(cc(C)c(O)c4C(=O)CC1)[C@@]32O. The molecule has 9 heteroatoms. The van der Waals surface area contributed by atoms with Crippen molar-refractivity contribution >= 4 is 23.4 Å². The zero-order chi connectivity index (χ0) is 29.5. The predicted molar refractivity (Wildman–Crippen MR) is 146 cm³/mol. The summed E-state index contributed by atoms with van der Waals surface area (Å²) in [6.45, 7) is 8.51. The van der Waals surface area contributed by atoms with Crippen LogP contribution in [-0.4, -0.2) is 51.0 Å². The first-order valence-corrected chi connectivity index (χ1v) is 13.4. The van der Waals surface area contributed by atoms with Gasteiger partial charge in [0.2, 0.25) is 5.91 Å². The van der Waals surface area contributed by atoms with Crippen LogP contribution in [0.3, 0.4) is 0 Å². The van der Waals surface area contributed by atoms with Crippen LogP contribution in [0.5, 0.6) is 5.75 Å². The number of phenolic OH excluding ortho intramolecular Hbond substituents is 1. The number of cyclic esters (lactones) is 1. The van der Waals surface area contributed by atoms with Crippen LogP contribution in [-0.2, 0) is 19.9 Å². The number of ether oxygens (including phenoxy) is 1. The molecule has 0 unspecified atom stereocenters. The molecule has 9 nitrogen and oxygen atoms in total. The van der Waals surface area contributed by atoms with Crippen LogP contribution >= 0.6 is 0 Å². The molecule has 0 saturated carbocycles. The highest BCUT2D eigenvalue weighted by Gasteiger charge is 2.55. The second-order valence-corrected chi connectivity index (χ2v) is 11.0. The van der Waals surface area contributed by atoms with Gasteiger partial charge < -0.3 is 25.4 Å². The highest BCUT2D eigenvalue weighted by atomic mass is 16.6. The summed E-state index contributed by atoms with van der Waals surface area (Å²) < 4.78 is 5.65. The lowest BCUT2D eigenvalue weighted by atomic mass is 9.72. The fourth-order valence-corrected chi connectivity index (χ4v) is 5.49. The van der Waals surface area contributed by atoms with Crippen molar-refractivity contribution in [2.75, 3.05) is 0 Å². The van der Waals surface area contributed by atoms with E-state index in [1.165, 1.54) is 19.1 Å². The lowest BCUT2D eigenvalue weighted by molar-refractivity contribution is -0.145. The van der Waals surface area contributed by atoms with Crippen molar-refractivity contribution < 1.29 is 39.2 Å². The van der Waals surface area contributed by atoms with Crippen LogP contribution < -0.4 is 5.32 Å². The van der Waals surface area contributed by atoms with Crippen LogP contribution in [0.4, 0.5) is 0 Å². The Balaban J connectivity index is 1.93. The molecule has 212 valence electrons. The van der Waals surface area contributed by atoms with Gasteiger partial charge in [-0.15, -0.1) is 0 Å². The molecule has 2 aliphatic heterocycles. The second-order valence-electron chi connectivity index (χ2n) is 11.0. The first-order chi connectivity index (χ1) is 18.8. The fourth-order valence-electron chi connectivity index (χ4n) is 5.49. The average Bonchev–Trinajstić information content (AvgIpc) is 3.12. The number of aromatic hydroxyl groups is 1. The first-order valence-electron chi connectivity index (χ1n) is 13.4. The lowest BCUT2D eigenvalue weighted by Gasteiger charge is -2.34. The number of aliphatic hydroxyl groups is 2. The fraction of sp³-hybridized carbons (Fsp3) is 0.419. The van der Waals surface area contributed by atoms with Gasteiger partial charge in [0.15, 0.2) is 11.6 Å². The van der Waals surface area contributed by atoms with Gasteiger partial charge in [-0.1, -0.05) is 30.7 Å². The molecule has 5 atom stereocenters. The van der Waals surface area contributed by atoms with Gasteiger partial charge in [0, 0.05) is 29.2 Å². The number of Topliss-reactive ketones (excluding diaryl/α,β-unsaturated/α-hetero) is 1. The highest BCUT2D eigenvalue weighted by Crippen LogP contribution is 2.49. The lowest BCUT2D eigenvalue weighted by Crippen LogP contribution is -2.39. The summed E-state index contributed by atoms with van der Waals surface area (Å²) in [5.41, 5.74) is -1.44. The van der Waals surface area contributed by atoms with Gasteiger partial charge in [-0.05, 0) is 64.2 Å². The van der Waals surface area contributed by atoms with Gasteiger partial charge in [-0.3, -0.25) is 14.4 Å². The Morgan fingerprint density at radius 2 is 1.88 bits per heavy atom. The van der Waals surface area contributed by atoms with Gasteiger partial charge in [0.25, 0.3) is 0 Å². The van der Waals surface area contributed by atoms with E-state index in [1.807, 2.05) is 6.92 Å². The Morgan fingerprint density at radius 1 is 1.18 bits per heavy atom. The van der Waals surface area contributed by atoms with E-state index in [2.05, 4.69) is 5.32 Å². The molecule has 1 saturated heterocycles. The summed E-state index contributed by atoms with van der Waals surface area (Å²) in [5.74, 6) is -4.39. The topological polar surface area (TPSA) is 150 Å². The first kappa shape index (κ1) is 29.2. The molecule has 1 aromatic carbocycles. The summed E-state index contributed by atoms with van der Waals surface area (Å²) in [7, 11) is 0. The molecule has 1 aliphatic carbocycles. The van der Waals surface area contributed by atoms with E-state index in [-0.39, 0.29) is 51.6 Å². The van der Waals surface area contributed by atoms with E-state index in [0.29, 0.717) is 12.8 Å². The van der Waals surface area contributed by atoms with E-state index >= 15 is 0 Å². The Bertz CT molecular complexity index is 1410. The minimum absolute atomic E-state index is 0.00186. The molecule has 1 aromatic rings. The maximum absolute atomic E-state index is 13.5. The van der Waals surface area contributed by atoms with Crippen molar-refractivity contribution in [2.24, 2.45) is 11.8 Å². The Kier molecular flexibility index (Phi) is 8.01. The average molecular weight is 550 g/mol. The van der Waals surface area contributed by atoms with Crippen molar-refractivity contribution in [1.82, 2.24) is 5.32 Å². The van der Waals surface area contributed by atoms with E-state index < -0.39 is 47.2 Å². The van der Waals surface area contributed by atoms with Crippen molar-refractivity contribution in [3.05, 3.63) is 75.5 Å². The molecule has 2 heterocycles. The van der Waals surface area contributed by atoms with Gasteiger partial charge in [0.05, 0.1) is 17.2 Å². The molecule has 1 fully saturated rings. The van der Waals surface area contributed by atoms with Crippen LogP contribution in [0.25, 0.3) is 0 Å². The van der Waals surface area contributed by atoms with Crippen LogP contribution in [0.15, 0.2) is 53.3 Å². The summed E-state index contributed by atoms with van der Waals surface area (Å²) in [6, 6.07) is 1.40. The zero-order valence-electron chi connectivity index (χ0n) is 23.3. The molecule has 4 N–H and O–H groups in total. The Morgan fingerprint density at radius 3 is 2.52 bits per heavy atom. The number of amides is 1. The number of benzene rings is 1. The minimum atomic E-state index is -2.10. The standard InChI is InChI=1S/C31H35NO8/c1-6-18-7-9-21(33)27-26-19(12-16(4)28(27)36)31(39)20(29(37)32-25(31)14-23(26)35)13-17(5)30(38)40-24(10-8-18)22(34)11-15(2)3/h8,10-14,18,20,22,24,34,36,39H,6-7,9H2,1-5H3,(H,32,37)/t18-,20-,22+,24+,31+/m1/s1. The Hall–Kier alpha value is -3.82. The van der Waals surface area contributed by atoms with E-state index in [4.69, 9.17) is 4.74 Å². The molecule has 1 amide bonds. The van der Waals surface area contributed by atoms with Gasteiger partial charge in [0.1, 0.15) is 23.6 Å². The Labute approximate surface area is 232 Å². The number of hydrogen-bond acceptors (Lipinski definition) is 8. The monoisotopic (exact) mass is 549 g/mol. The second kappa shape index (κ2) is 11.0. The summed E-state index contributed by atoms with van der Waals surface area (Å²) in [5, 5.41) is 36.3. The summed E-state index contributed by atoms with van der Waals surface area (Å²) in [4.78, 5) is 53.1. The number of nitrogens with one attached hydrogen (secondary N) is 1. The van der Waals surface area contributed by atoms with Gasteiger partial charge in [-0.2, -0.15) is 0 Å². The van der Waals surface area contributed by atoms with Crippen molar-refractivity contribution in [2.45, 2.75) is 71.7 Å². The molecule has 3 aliphatic rings. The maximum Gasteiger partial charge on any atom is 0.334 e. The van der Waals surface area contributed by atoms with Crippen molar-refractivity contribution in [1.29, 1.82) is 0 Å². The number of aliphatic hydroxyl groups excluding tert-OH is 1. The maximum atomic E-state index is 13.5. The number of phenols is 1. The molecule has 0 aromatic heterocycles. The quantitative estimate of drug-likeness (QED) is 0.331. The normalized spacial score (nSPS) is 27.4. The molecular formula is C31H35NO8. The van der Waals surface area contributed by atoms with Gasteiger partial charge in [-0.25, -0.2) is 4.79 Å². The molecular weight excluding hydrogens is 514 g/mol. The summed E-state index contributed by atoms with van der Waals surface area (Å²) >= 11 is 0. The van der Waals surface area contributed by atoms with Crippen molar-refractivity contribution in [3.63, 3.8) is 0 Å². The van der Waals surface area contributed by atoms with Gasteiger partial charge >= 0.3 is 5.97 Å². The minimum Gasteiger partial charge on any atom is -0.507 e. The number of aryl methyl sites for hydroxylation is 1. The number of rotatable bonds is 3. The number of hydrogen-bond donors (Lipinski definition) is 4. The van der Waals surface area contributed by atoms with E-state index in [9.17, 15) is 34.5 Å². The molecule has 40 heavy (non-hydrogen) atoms. The largest absolute Gasteiger partial charge is 0.507 e. The van der Waals surface area contributed by atoms with Crippen LogP contribution in [0.1, 0.15) is 78.8 Å². The van der Waals surface area contributed by atoms with Crippen molar-refractivity contribution in [3.8, 4) is 5.75 Å². The number of carbonyl (C=O) groups excluding carboxylic acids is 4. The third-order valence-corrected chi connectivity index (χ3v) is 7.76. The third-order valence-electron chi connectivity index (χ3n) is 7.76. The van der Waals surface area contributed by atoms with E-state index in [1.54, 1.807) is 39.0 Å². The third kappa shape index (κ3) is 5.07. The number of esters is 1. The number of allylic oxidation sites excluding steroid dienone is 3. The number of carbonyl (C=O) groups is 4. The molecule has 0 spiro atoms. The van der Waals surface area contributed by atoms with Crippen LogP contribution in [0.2, 0.25) is 0 Å². The predicted octanol–water partition coefficient (Wildman–Crippen LogP) is 3.46. The number of ketones is 2. The molecule has 4 bridgehead atoms. The molecule has 4 rings (SSSR count). The smallest absolute Gasteiger partial charge is 0.334 e. The zero-order valence-corrected chi connectivity index (χ0v) is 23.3. The van der Waals surface area contributed by atoms with Crippen LogP contribution in [0, 0.1) is 18.8 Å². The highest BCUT2D eigenvalue weighted by molar-refractivity contribution is 6.17. The summed E-state index contributed by atoms with van der Waals surface area (Å²) in [6.07, 6.45) is 6.04.